The summed E-state index contributed by atoms with van der Waals surface area (Å²) in [4.78, 5) is 20.3. The van der Waals surface area contributed by atoms with Crippen LogP contribution in [0.3, 0.4) is 0 Å². The molecule has 0 saturated heterocycles. The number of rotatable bonds is 6. The first-order chi connectivity index (χ1) is 10.2. The molecule has 6 nitrogen and oxygen atoms in total. The molecule has 1 heterocycles. The van der Waals surface area contributed by atoms with Crippen molar-refractivity contribution in [3.8, 4) is 0 Å². The third-order valence-corrected chi connectivity index (χ3v) is 2.66. The van der Waals surface area contributed by atoms with Gasteiger partial charge in [-0.05, 0) is 26.0 Å². The van der Waals surface area contributed by atoms with Crippen LogP contribution in [0.5, 0.6) is 0 Å². The smallest absolute Gasteiger partial charge is 0.343 e. The Balaban J connectivity index is 2.25. The molecule has 0 bridgehead atoms. The number of benzene rings is 1. The van der Waals surface area contributed by atoms with Gasteiger partial charge in [0.05, 0.1) is 6.61 Å². The number of aromatic nitrogens is 2. The zero-order valence-corrected chi connectivity index (χ0v) is 12.1. The highest BCUT2D eigenvalue weighted by Crippen LogP contribution is 2.18. The van der Waals surface area contributed by atoms with E-state index in [1.165, 1.54) is 6.20 Å². The fourth-order valence-corrected chi connectivity index (χ4v) is 1.75. The van der Waals surface area contributed by atoms with E-state index in [1.54, 1.807) is 6.92 Å². The van der Waals surface area contributed by atoms with E-state index in [0.29, 0.717) is 30.5 Å². The summed E-state index contributed by atoms with van der Waals surface area (Å²) in [7, 11) is 0. The summed E-state index contributed by atoms with van der Waals surface area (Å²) in [5.41, 5.74) is 1.21. The van der Waals surface area contributed by atoms with Gasteiger partial charge in [-0.3, -0.25) is 0 Å². The van der Waals surface area contributed by atoms with Gasteiger partial charge in [-0.1, -0.05) is 18.2 Å². The van der Waals surface area contributed by atoms with Crippen LogP contribution in [0, 0.1) is 0 Å². The molecule has 0 aliphatic heterocycles. The van der Waals surface area contributed by atoms with E-state index in [-0.39, 0.29) is 0 Å². The molecule has 1 aromatic heterocycles. The molecule has 0 radical (unpaired) electrons. The summed E-state index contributed by atoms with van der Waals surface area (Å²) in [5.74, 6) is 0.453. The monoisotopic (exact) mass is 286 g/mol. The van der Waals surface area contributed by atoms with Crippen molar-refractivity contribution in [2.75, 3.05) is 23.8 Å². The lowest BCUT2D eigenvalue weighted by molar-refractivity contribution is 0.0526. The molecule has 2 rings (SSSR count). The number of para-hydroxylation sites is 1. The first-order valence-corrected chi connectivity index (χ1v) is 6.84. The molecular formula is C15H18N4O2. The normalized spacial score (nSPS) is 10.0. The van der Waals surface area contributed by atoms with Gasteiger partial charge in [0.1, 0.15) is 11.4 Å². The average molecular weight is 286 g/mol. The number of anilines is 3. The van der Waals surface area contributed by atoms with Crippen molar-refractivity contribution in [1.82, 2.24) is 9.97 Å². The van der Waals surface area contributed by atoms with Crippen molar-refractivity contribution >= 4 is 23.4 Å². The maximum Gasteiger partial charge on any atom is 0.343 e. The third kappa shape index (κ3) is 3.92. The van der Waals surface area contributed by atoms with Crippen LogP contribution in [0.4, 0.5) is 17.5 Å². The Morgan fingerprint density at radius 3 is 2.67 bits per heavy atom. The highest BCUT2D eigenvalue weighted by molar-refractivity contribution is 5.94. The van der Waals surface area contributed by atoms with E-state index < -0.39 is 5.97 Å². The van der Waals surface area contributed by atoms with Crippen LogP contribution in [-0.4, -0.2) is 29.1 Å². The number of hydrogen-bond acceptors (Lipinski definition) is 6. The van der Waals surface area contributed by atoms with Gasteiger partial charge >= 0.3 is 5.97 Å². The van der Waals surface area contributed by atoms with Crippen LogP contribution >= 0.6 is 0 Å². The Kier molecular flexibility index (Phi) is 5.09. The fourth-order valence-electron chi connectivity index (χ4n) is 1.75. The molecule has 2 N–H and O–H groups in total. The molecule has 110 valence electrons. The molecule has 0 saturated carbocycles. The van der Waals surface area contributed by atoms with Gasteiger partial charge in [0, 0.05) is 18.4 Å². The molecule has 0 aliphatic carbocycles. The number of ether oxygens (including phenoxy) is 1. The molecule has 2 aromatic rings. The van der Waals surface area contributed by atoms with Crippen LogP contribution in [-0.2, 0) is 4.74 Å². The molecular weight excluding hydrogens is 268 g/mol. The Morgan fingerprint density at radius 1 is 1.24 bits per heavy atom. The number of nitrogens with one attached hydrogen (secondary N) is 2. The van der Waals surface area contributed by atoms with Crippen LogP contribution < -0.4 is 10.6 Å². The summed E-state index contributed by atoms with van der Waals surface area (Å²) in [6.45, 7) is 4.65. The number of hydrogen-bond donors (Lipinski definition) is 2. The second-order valence-electron chi connectivity index (χ2n) is 4.20. The van der Waals surface area contributed by atoms with Crippen LogP contribution in [0.2, 0.25) is 0 Å². The van der Waals surface area contributed by atoms with Crippen molar-refractivity contribution in [2.45, 2.75) is 13.8 Å². The number of carbonyl (C=O) groups excluding carboxylic acids is 1. The van der Waals surface area contributed by atoms with Crippen molar-refractivity contribution in [1.29, 1.82) is 0 Å². The number of esters is 1. The van der Waals surface area contributed by atoms with Crippen molar-refractivity contribution in [3.05, 3.63) is 42.1 Å². The minimum Gasteiger partial charge on any atom is -0.462 e. The largest absolute Gasteiger partial charge is 0.462 e. The molecule has 0 aliphatic rings. The lowest BCUT2D eigenvalue weighted by Gasteiger charge is -2.11. The van der Waals surface area contributed by atoms with Gasteiger partial charge in [0.25, 0.3) is 0 Å². The van der Waals surface area contributed by atoms with Crippen molar-refractivity contribution in [2.24, 2.45) is 0 Å². The zero-order valence-electron chi connectivity index (χ0n) is 12.1. The van der Waals surface area contributed by atoms with Crippen LogP contribution in [0.15, 0.2) is 36.5 Å². The number of carbonyl (C=O) groups is 1. The third-order valence-electron chi connectivity index (χ3n) is 2.66. The maximum absolute atomic E-state index is 11.8. The summed E-state index contributed by atoms with van der Waals surface area (Å²) >= 11 is 0. The van der Waals surface area contributed by atoms with E-state index in [9.17, 15) is 4.79 Å². The van der Waals surface area contributed by atoms with Gasteiger partial charge in [-0.15, -0.1) is 0 Å². The van der Waals surface area contributed by atoms with Gasteiger partial charge < -0.3 is 15.4 Å². The van der Waals surface area contributed by atoms with Gasteiger partial charge in [-0.2, -0.15) is 4.98 Å². The number of nitrogens with zero attached hydrogens (tertiary/aromatic N) is 2. The van der Waals surface area contributed by atoms with E-state index in [1.807, 2.05) is 37.3 Å². The quantitative estimate of drug-likeness (QED) is 0.795. The molecule has 0 amide bonds. The summed E-state index contributed by atoms with van der Waals surface area (Å²) in [6.07, 6.45) is 1.47. The molecule has 0 atom stereocenters. The summed E-state index contributed by atoms with van der Waals surface area (Å²) in [6, 6.07) is 9.59. The van der Waals surface area contributed by atoms with Gasteiger partial charge in [0.2, 0.25) is 5.95 Å². The van der Waals surface area contributed by atoms with Crippen molar-refractivity contribution < 1.29 is 9.53 Å². The first-order valence-electron chi connectivity index (χ1n) is 6.84. The summed E-state index contributed by atoms with van der Waals surface area (Å²) < 4.78 is 4.99. The Morgan fingerprint density at radius 2 is 2.00 bits per heavy atom. The SMILES string of the molecule is CCNc1nc(Nc2ccccc2)ncc1C(=O)OCC. The van der Waals surface area contributed by atoms with Crippen LogP contribution in [0.1, 0.15) is 24.2 Å². The predicted molar refractivity (Wildman–Crippen MR) is 81.9 cm³/mol. The standard InChI is InChI=1S/C15H18N4O2/c1-3-16-13-12(14(20)21-4-2)10-17-15(19-13)18-11-8-6-5-7-9-11/h5-10H,3-4H2,1-2H3,(H2,16,17,18,19). The maximum atomic E-state index is 11.8. The minimum absolute atomic E-state index is 0.314. The fraction of sp³-hybridized carbons (Fsp3) is 0.267. The van der Waals surface area contributed by atoms with Gasteiger partial charge in [0.15, 0.2) is 0 Å². The highest BCUT2D eigenvalue weighted by atomic mass is 16.5. The van der Waals surface area contributed by atoms with Crippen LogP contribution in [0.25, 0.3) is 0 Å². The minimum atomic E-state index is -0.431. The molecule has 0 unspecified atom stereocenters. The Hall–Kier alpha value is -2.63. The first kappa shape index (κ1) is 14.8. The lowest BCUT2D eigenvalue weighted by atomic mass is 10.3. The molecule has 1 aromatic carbocycles. The Labute approximate surface area is 123 Å². The summed E-state index contributed by atoms with van der Waals surface area (Å²) in [5, 5.41) is 6.14. The topological polar surface area (TPSA) is 76.1 Å². The average Bonchev–Trinajstić information content (AvgIpc) is 2.49. The van der Waals surface area contributed by atoms with E-state index >= 15 is 0 Å². The van der Waals surface area contributed by atoms with E-state index in [2.05, 4.69) is 20.6 Å². The molecule has 0 spiro atoms. The molecule has 0 fully saturated rings. The lowest BCUT2D eigenvalue weighted by Crippen LogP contribution is -2.13. The van der Waals surface area contributed by atoms with E-state index in [0.717, 1.165) is 5.69 Å². The molecule has 21 heavy (non-hydrogen) atoms. The molecule has 6 heteroatoms. The second kappa shape index (κ2) is 7.23. The van der Waals surface area contributed by atoms with Crippen molar-refractivity contribution in [3.63, 3.8) is 0 Å². The van der Waals surface area contributed by atoms with E-state index in [4.69, 9.17) is 4.74 Å². The predicted octanol–water partition coefficient (Wildman–Crippen LogP) is 2.83. The Bertz CT molecular complexity index is 602. The second-order valence-corrected chi connectivity index (χ2v) is 4.20. The zero-order chi connectivity index (χ0) is 15.1. The highest BCUT2D eigenvalue weighted by Gasteiger charge is 2.15. The van der Waals surface area contributed by atoms with Gasteiger partial charge in [-0.25, -0.2) is 9.78 Å².